The molecule has 2 aromatic carbocycles. The van der Waals surface area contributed by atoms with E-state index < -0.39 is 28.3 Å². The van der Waals surface area contributed by atoms with Crippen molar-refractivity contribution in [1.82, 2.24) is 4.90 Å². The lowest BCUT2D eigenvalue weighted by atomic mass is 10.2. The van der Waals surface area contributed by atoms with Crippen LogP contribution in [0.2, 0.25) is 0 Å². The van der Waals surface area contributed by atoms with Crippen LogP contribution in [0.5, 0.6) is 0 Å². The molecule has 2 rings (SSSR count). The number of hydrogen-bond donors (Lipinski definition) is 1. The summed E-state index contributed by atoms with van der Waals surface area (Å²) in [7, 11) is -1.95. The lowest BCUT2D eigenvalue weighted by Crippen LogP contribution is -2.37. The van der Waals surface area contributed by atoms with Gasteiger partial charge in [-0.25, -0.2) is 13.2 Å². The Balaban J connectivity index is 1.83. The first kappa shape index (κ1) is 22.1. The minimum Gasteiger partial charge on any atom is -0.452 e. The minimum absolute atomic E-state index is 0.0736. The van der Waals surface area contributed by atoms with E-state index in [4.69, 9.17) is 4.74 Å². The van der Waals surface area contributed by atoms with Gasteiger partial charge in [0, 0.05) is 19.0 Å². The fourth-order valence-electron chi connectivity index (χ4n) is 2.30. The molecule has 0 unspecified atom stereocenters. The van der Waals surface area contributed by atoms with Gasteiger partial charge in [-0.15, -0.1) is 0 Å². The van der Waals surface area contributed by atoms with E-state index in [0.717, 1.165) is 16.7 Å². The topological polar surface area (TPSA) is 110 Å². The molecule has 0 heterocycles. The lowest BCUT2D eigenvalue weighted by molar-refractivity contribution is -0.136. The Kier molecular flexibility index (Phi) is 7.11. The van der Waals surface area contributed by atoms with Crippen molar-refractivity contribution >= 4 is 33.3 Å². The number of carbonyl (C=O) groups excluding carboxylic acids is 3. The van der Waals surface area contributed by atoms with Crippen molar-refractivity contribution in [2.45, 2.75) is 11.8 Å². The molecule has 2 aromatic rings. The highest BCUT2D eigenvalue weighted by Crippen LogP contribution is 2.11. The van der Waals surface area contributed by atoms with Crippen molar-refractivity contribution in [2.75, 3.05) is 31.8 Å². The Morgan fingerprint density at radius 2 is 1.59 bits per heavy atom. The molecule has 0 aliphatic carbocycles. The van der Waals surface area contributed by atoms with Gasteiger partial charge in [0.15, 0.2) is 16.4 Å². The number of carbonyl (C=O) groups is 3. The smallest absolute Gasteiger partial charge is 0.338 e. The number of likely N-dealkylation sites (N-methyl/N-ethyl adjacent to an activating group) is 1. The minimum atomic E-state index is -3.37. The number of nitrogens with zero attached hydrogens (tertiary/aromatic N) is 1. The van der Waals surface area contributed by atoms with Gasteiger partial charge in [0.2, 0.25) is 5.91 Å². The van der Waals surface area contributed by atoms with Crippen molar-refractivity contribution in [1.29, 1.82) is 0 Å². The Morgan fingerprint density at radius 3 is 2.14 bits per heavy atom. The molecule has 0 spiro atoms. The standard InChI is InChI=1S/C20H22N2O6S/c1-14-4-8-16(9-5-14)21-18(23)12-22(2)19(24)13-28-20(25)15-6-10-17(11-7-15)29(3,26)27/h4-11H,12-13H2,1-3H3,(H,21,23). The maximum atomic E-state index is 12.1. The summed E-state index contributed by atoms with van der Waals surface area (Å²) in [6.45, 7) is 1.19. The van der Waals surface area contributed by atoms with Crippen LogP contribution < -0.4 is 5.32 Å². The fraction of sp³-hybridized carbons (Fsp3) is 0.250. The predicted molar refractivity (Wildman–Crippen MR) is 107 cm³/mol. The molecular weight excluding hydrogens is 396 g/mol. The Labute approximate surface area is 169 Å². The first-order valence-corrected chi connectivity index (χ1v) is 10.5. The number of aryl methyl sites for hydroxylation is 1. The molecule has 29 heavy (non-hydrogen) atoms. The molecule has 154 valence electrons. The monoisotopic (exact) mass is 418 g/mol. The van der Waals surface area contributed by atoms with Gasteiger partial charge in [0.25, 0.3) is 5.91 Å². The molecule has 0 aliphatic heterocycles. The molecule has 0 saturated carbocycles. The van der Waals surface area contributed by atoms with Crippen molar-refractivity contribution in [2.24, 2.45) is 0 Å². The quantitative estimate of drug-likeness (QED) is 0.685. The van der Waals surface area contributed by atoms with Crippen LogP contribution >= 0.6 is 0 Å². The fourth-order valence-corrected chi connectivity index (χ4v) is 2.93. The lowest BCUT2D eigenvalue weighted by Gasteiger charge is -2.17. The van der Waals surface area contributed by atoms with Crippen molar-refractivity contribution in [3.63, 3.8) is 0 Å². The van der Waals surface area contributed by atoms with Crippen LogP contribution in [0.1, 0.15) is 15.9 Å². The highest BCUT2D eigenvalue weighted by Gasteiger charge is 2.17. The summed E-state index contributed by atoms with van der Waals surface area (Å²) in [5.74, 6) is -1.70. The molecule has 0 fully saturated rings. The number of rotatable bonds is 7. The van der Waals surface area contributed by atoms with Crippen LogP contribution in [0.15, 0.2) is 53.4 Å². The van der Waals surface area contributed by atoms with Gasteiger partial charge in [-0.05, 0) is 43.3 Å². The number of benzene rings is 2. The summed E-state index contributed by atoms with van der Waals surface area (Å²) < 4.78 is 27.8. The summed E-state index contributed by atoms with van der Waals surface area (Å²) in [5.41, 5.74) is 1.79. The van der Waals surface area contributed by atoms with Gasteiger partial charge in [-0.2, -0.15) is 0 Å². The summed E-state index contributed by atoms with van der Waals surface area (Å²) in [4.78, 5) is 37.3. The highest BCUT2D eigenvalue weighted by atomic mass is 32.2. The summed E-state index contributed by atoms with van der Waals surface area (Å²) in [6.07, 6.45) is 1.06. The van der Waals surface area contributed by atoms with E-state index in [1.54, 1.807) is 12.1 Å². The second-order valence-corrected chi connectivity index (χ2v) is 8.55. The van der Waals surface area contributed by atoms with Crippen LogP contribution in [-0.4, -0.2) is 57.6 Å². The second-order valence-electron chi connectivity index (χ2n) is 6.54. The zero-order chi connectivity index (χ0) is 21.6. The van der Waals surface area contributed by atoms with Gasteiger partial charge in [0.05, 0.1) is 17.0 Å². The highest BCUT2D eigenvalue weighted by molar-refractivity contribution is 7.90. The van der Waals surface area contributed by atoms with Gasteiger partial charge in [0.1, 0.15) is 0 Å². The molecule has 0 saturated heterocycles. The molecule has 1 N–H and O–H groups in total. The molecule has 8 nitrogen and oxygen atoms in total. The van der Waals surface area contributed by atoms with Gasteiger partial charge in [-0.3, -0.25) is 9.59 Å². The first-order valence-electron chi connectivity index (χ1n) is 8.64. The third-order valence-electron chi connectivity index (χ3n) is 3.99. The number of amides is 2. The first-order chi connectivity index (χ1) is 13.6. The Hall–Kier alpha value is -3.20. The largest absolute Gasteiger partial charge is 0.452 e. The zero-order valence-electron chi connectivity index (χ0n) is 16.3. The maximum Gasteiger partial charge on any atom is 0.338 e. The second kappa shape index (κ2) is 9.33. The normalized spacial score (nSPS) is 10.9. The predicted octanol–water partition coefficient (Wildman–Crippen LogP) is 1.65. The number of sulfone groups is 1. The molecule has 0 bridgehead atoms. The molecule has 9 heteroatoms. The molecule has 0 aliphatic rings. The number of hydrogen-bond acceptors (Lipinski definition) is 6. The van der Waals surface area contributed by atoms with Gasteiger partial charge < -0.3 is 15.0 Å². The van der Waals surface area contributed by atoms with E-state index in [9.17, 15) is 22.8 Å². The Morgan fingerprint density at radius 1 is 1.00 bits per heavy atom. The molecule has 0 aromatic heterocycles. The van der Waals surface area contributed by atoms with Crippen LogP contribution in [0.25, 0.3) is 0 Å². The van der Waals surface area contributed by atoms with Crippen molar-refractivity contribution < 1.29 is 27.5 Å². The van der Waals surface area contributed by atoms with Gasteiger partial charge >= 0.3 is 5.97 Å². The van der Waals surface area contributed by atoms with Gasteiger partial charge in [-0.1, -0.05) is 17.7 Å². The van der Waals surface area contributed by atoms with Crippen LogP contribution in [0.3, 0.4) is 0 Å². The molecular formula is C20H22N2O6S. The number of ether oxygens (including phenoxy) is 1. The third kappa shape index (κ3) is 6.72. The summed E-state index contributed by atoms with van der Waals surface area (Å²) >= 11 is 0. The SMILES string of the molecule is Cc1ccc(NC(=O)CN(C)C(=O)COC(=O)c2ccc(S(C)(=O)=O)cc2)cc1. The molecule has 0 radical (unpaired) electrons. The molecule has 2 amide bonds. The van der Waals surface area contributed by atoms with Crippen LogP contribution in [-0.2, 0) is 24.2 Å². The van der Waals surface area contributed by atoms with Crippen LogP contribution in [0.4, 0.5) is 5.69 Å². The van der Waals surface area contributed by atoms with Crippen molar-refractivity contribution in [3.05, 3.63) is 59.7 Å². The maximum absolute atomic E-state index is 12.1. The number of anilines is 1. The van der Waals surface area contributed by atoms with Crippen LogP contribution in [0, 0.1) is 6.92 Å². The Bertz CT molecular complexity index is 998. The van der Waals surface area contributed by atoms with E-state index in [2.05, 4.69) is 5.32 Å². The number of esters is 1. The average molecular weight is 418 g/mol. The van der Waals surface area contributed by atoms with E-state index >= 15 is 0 Å². The zero-order valence-corrected chi connectivity index (χ0v) is 17.2. The average Bonchev–Trinajstić information content (AvgIpc) is 2.67. The van der Waals surface area contributed by atoms with E-state index in [1.165, 1.54) is 31.3 Å². The summed E-state index contributed by atoms with van der Waals surface area (Å²) in [5, 5.41) is 2.67. The van der Waals surface area contributed by atoms with E-state index in [1.807, 2.05) is 19.1 Å². The third-order valence-corrected chi connectivity index (χ3v) is 5.12. The molecule has 0 atom stereocenters. The van der Waals surface area contributed by atoms with Crippen molar-refractivity contribution in [3.8, 4) is 0 Å². The van der Waals surface area contributed by atoms with E-state index in [-0.39, 0.29) is 22.9 Å². The van der Waals surface area contributed by atoms with E-state index in [0.29, 0.717) is 5.69 Å². The number of nitrogens with one attached hydrogen (secondary N) is 1. The summed E-state index contributed by atoms with van der Waals surface area (Å²) in [6, 6.07) is 12.4.